The van der Waals surface area contributed by atoms with E-state index in [1.807, 2.05) is 6.92 Å². The molecule has 0 fully saturated rings. The topological polar surface area (TPSA) is 17.1 Å². The van der Waals surface area contributed by atoms with Crippen molar-refractivity contribution in [3.05, 3.63) is 34.3 Å². The second kappa shape index (κ2) is 4.06. The molecule has 0 N–H and O–H groups in total. The van der Waals surface area contributed by atoms with Crippen LogP contribution in [-0.2, 0) is 0 Å². The predicted octanol–water partition coefficient (Wildman–Crippen LogP) is 3.23. The lowest BCUT2D eigenvalue weighted by Crippen LogP contribution is -2.02. The normalized spacial score (nSPS) is 9.92. The van der Waals surface area contributed by atoms with Crippen LogP contribution in [0.25, 0.3) is 0 Å². The largest absolute Gasteiger partial charge is 0.293 e. The van der Waals surface area contributed by atoms with Gasteiger partial charge in [-0.05, 0) is 18.6 Å². The highest BCUT2D eigenvalue weighted by atomic mass is 79.9. The van der Waals surface area contributed by atoms with Gasteiger partial charge in [0.15, 0.2) is 5.78 Å². The smallest absolute Gasteiger partial charge is 0.173 e. The number of Topliss-reactive ketones (excluding diaryl/α,β-unsaturated/α-hetero) is 1. The third-order valence-corrected chi connectivity index (χ3v) is 2.61. The molecule has 1 rings (SSSR count). The minimum atomic E-state index is 0.0648. The van der Waals surface area contributed by atoms with E-state index in [1.165, 1.54) is 0 Å². The molecule has 12 heavy (non-hydrogen) atoms. The van der Waals surface area contributed by atoms with E-state index in [0.29, 0.717) is 15.9 Å². The Morgan fingerprint density at radius 1 is 1.58 bits per heavy atom. The van der Waals surface area contributed by atoms with E-state index < -0.39 is 0 Å². The van der Waals surface area contributed by atoms with Gasteiger partial charge in [0, 0.05) is 10.6 Å². The number of ketones is 1. The summed E-state index contributed by atoms with van der Waals surface area (Å²) in [5.41, 5.74) is 1.54. The number of benzene rings is 1. The highest BCUT2D eigenvalue weighted by molar-refractivity contribution is 9.09. The lowest BCUT2D eigenvalue weighted by molar-refractivity contribution is 0.102. The Kier molecular flexibility index (Phi) is 3.29. The zero-order valence-electron chi connectivity index (χ0n) is 6.60. The lowest BCUT2D eigenvalue weighted by Gasteiger charge is -2.03. The molecule has 3 heteroatoms. The summed E-state index contributed by atoms with van der Waals surface area (Å²) in [6, 6.07) is 5.35. The van der Waals surface area contributed by atoms with Gasteiger partial charge >= 0.3 is 0 Å². The molecule has 0 radical (unpaired) electrons. The first-order valence-corrected chi connectivity index (χ1v) is 5.01. The molecule has 0 amide bonds. The van der Waals surface area contributed by atoms with Crippen molar-refractivity contribution >= 4 is 33.3 Å². The van der Waals surface area contributed by atoms with E-state index >= 15 is 0 Å². The lowest BCUT2D eigenvalue weighted by atomic mass is 10.1. The molecule has 0 aromatic heterocycles. The van der Waals surface area contributed by atoms with Crippen molar-refractivity contribution < 1.29 is 4.79 Å². The number of alkyl halides is 1. The van der Waals surface area contributed by atoms with Gasteiger partial charge in [0.2, 0.25) is 0 Å². The van der Waals surface area contributed by atoms with E-state index in [-0.39, 0.29) is 5.78 Å². The summed E-state index contributed by atoms with van der Waals surface area (Å²) in [6.07, 6.45) is 0. The molecular formula is C9H8BrClO. The average molecular weight is 248 g/mol. The van der Waals surface area contributed by atoms with Gasteiger partial charge in [0.25, 0.3) is 0 Å². The van der Waals surface area contributed by atoms with Crippen molar-refractivity contribution in [2.45, 2.75) is 6.92 Å². The molecule has 0 bridgehead atoms. The Balaban J connectivity index is 3.16. The highest BCUT2D eigenvalue weighted by Gasteiger charge is 2.08. The number of halogens is 2. The maximum absolute atomic E-state index is 11.3. The van der Waals surface area contributed by atoms with Crippen LogP contribution in [-0.4, -0.2) is 11.1 Å². The SMILES string of the molecule is Cc1c(Cl)cccc1C(=O)CBr. The highest BCUT2D eigenvalue weighted by Crippen LogP contribution is 2.19. The molecule has 0 saturated heterocycles. The Bertz CT molecular complexity index is 309. The molecule has 0 saturated carbocycles. The molecule has 0 aliphatic heterocycles. The Morgan fingerprint density at radius 3 is 2.83 bits per heavy atom. The third-order valence-electron chi connectivity index (χ3n) is 1.69. The van der Waals surface area contributed by atoms with Crippen LogP contribution in [0.1, 0.15) is 15.9 Å². The average Bonchev–Trinajstić information content (AvgIpc) is 2.08. The molecule has 0 spiro atoms. The first kappa shape index (κ1) is 9.75. The van der Waals surface area contributed by atoms with E-state index in [4.69, 9.17) is 11.6 Å². The van der Waals surface area contributed by atoms with Crippen LogP contribution in [0.5, 0.6) is 0 Å². The van der Waals surface area contributed by atoms with Crippen molar-refractivity contribution in [3.63, 3.8) is 0 Å². The quantitative estimate of drug-likeness (QED) is 0.579. The molecule has 64 valence electrons. The van der Waals surface area contributed by atoms with Crippen molar-refractivity contribution in [1.29, 1.82) is 0 Å². The summed E-state index contributed by atoms with van der Waals surface area (Å²) < 4.78 is 0. The number of hydrogen-bond donors (Lipinski definition) is 0. The molecule has 0 heterocycles. The van der Waals surface area contributed by atoms with Crippen molar-refractivity contribution in [3.8, 4) is 0 Å². The molecule has 0 atom stereocenters. The van der Waals surface area contributed by atoms with Crippen LogP contribution in [0, 0.1) is 6.92 Å². The minimum absolute atomic E-state index is 0.0648. The monoisotopic (exact) mass is 246 g/mol. The fourth-order valence-electron chi connectivity index (χ4n) is 0.982. The Labute approximate surface area is 84.9 Å². The third kappa shape index (κ3) is 1.87. The zero-order valence-corrected chi connectivity index (χ0v) is 8.95. The van der Waals surface area contributed by atoms with Gasteiger partial charge in [-0.25, -0.2) is 0 Å². The summed E-state index contributed by atoms with van der Waals surface area (Å²) in [6.45, 7) is 1.85. The minimum Gasteiger partial charge on any atom is -0.293 e. The molecule has 0 unspecified atom stereocenters. The summed E-state index contributed by atoms with van der Waals surface area (Å²) in [5, 5.41) is 0.982. The van der Waals surface area contributed by atoms with Gasteiger partial charge in [-0.3, -0.25) is 4.79 Å². The van der Waals surface area contributed by atoms with Crippen molar-refractivity contribution in [2.24, 2.45) is 0 Å². The van der Waals surface area contributed by atoms with Gasteiger partial charge in [-0.1, -0.05) is 39.7 Å². The molecule has 0 aliphatic rings. The van der Waals surface area contributed by atoms with Crippen LogP contribution in [0.15, 0.2) is 18.2 Å². The zero-order chi connectivity index (χ0) is 9.14. The predicted molar refractivity (Wildman–Crippen MR) is 54.3 cm³/mol. The summed E-state index contributed by atoms with van der Waals surface area (Å²) in [5.74, 6) is 0.0648. The van der Waals surface area contributed by atoms with E-state index in [1.54, 1.807) is 18.2 Å². The maximum Gasteiger partial charge on any atom is 0.173 e. The van der Waals surface area contributed by atoms with E-state index in [0.717, 1.165) is 5.56 Å². The maximum atomic E-state index is 11.3. The number of carbonyl (C=O) groups excluding carboxylic acids is 1. The second-order valence-electron chi connectivity index (χ2n) is 2.47. The number of rotatable bonds is 2. The summed E-state index contributed by atoms with van der Waals surface area (Å²) in [4.78, 5) is 11.3. The molecular weight excluding hydrogens is 239 g/mol. The number of hydrogen-bond acceptors (Lipinski definition) is 1. The molecule has 0 aliphatic carbocycles. The number of carbonyl (C=O) groups is 1. The fraction of sp³-hybridized carbons (Fsp3) is 0.222. The van der Waals surface area contributed by atoms with E-state index in [2.05, 4.69) is 15.9 Å². The van der Waals surface area contributed by atoms with Crippen LogP contribution < -0.4 is 0 Å². The fourth-order valence-corrected chi connectivity index (χ4v) is 1.46. The van der Waals surface area contributed by atoms with Crippen molar-refractivity contribution in [2.75, 3.05) is 5.33 Å². The van der Waals surface area contributed by atoms with E-state index in [9.17, 15) is 4.79 Å². The van der Waals surface area contributed by atoms with Gasteiger partial charge in [0.1, 0.15) is 0 Å². The summed E-state index contributed by atoms with van der Waals surface area (Å²) >= 11 is 8.96. The van der Waals surface area contributed by atoms with Gasteiger partial charge in [0.05, 0.1) is 5.33 Å². The standard InChI is InChI=1S/C9H8BrClO/c1-6-7(9(12)5-10)3-2-4-8(6)11/h2-4H,5H2,1H3. The van der Waals surface area contributed by atoms with Gasteiger partial charge < -0.3 is 0 Å². The Hall–Kier alpha value is -0.340. The van der Waals surface area contributed by atoms with Crippen LogP contribution in [0.2, 0.25) is 5.02 Å². The van der Waals surface area contributed by atoms with Crippen LogP contribution in [0.4, 0.5) is 0 Å². The van der Waals surface area contributed by atoms with Crippen molar-refractivity contribution in [1.82, 2.24) is 0 Å². The van der Waals surface area contributed by atoms with Crippen LogP contribution in [0.3, 0.4) is 0 Å². The second-order valence-corrected chi connectivity index (χ2v) is 3.44. The molecule has 1 nitrogen and oxygen atoms in total. The molecule has 1 aromatic rings. The Morgan fingerprint density at radius 2 is 2.25 bits per heavy atom. The first-order valence-electron chi connectivity index (χ1n) is 3.51. The molecule has 1 aromatic carbocycles. The van der Waals surface area contributed by atoms with Gasteiger partial charge in [-0.2, -0.15) is 0 Å². The summed E-state index contributed by atoms with van der Waals surface area (Å²) in [7, 11) is 0. The van der Waals surface area contributed by atoms with Crippen LogP contribution >= 0.6 is 27.5 Å². The van der Waals surface area contributed by atoms with Gasteiger partial charge in [-0.15, -0.1) is 0 Å². The first-order chi connectivity index (χ1) is 5.66.